The van der Waals surface area contributed by atoms with Crippen molar-refractivity contribution in [3.05, 3.63) is 34.1 Å². The van der Waals surface area contributed by atoms with Crippen molar-refractivity contribution in [2.24, 2.45) is 4.40 Å². The third-order valence-electron chi connectivity index (χ3n) is 2.20. The van der Waals surface area contributed by atoms with Gasteiger partial charge in [0.05, 0.1) is 16.8 Å². The Bertz CT molecular complexity index is 525. The lowest BCUT2D eigenvalue weighted by atomic mass is 10.1. The number of alkyl halides is 3. The summed E-state index contributed by atoms with van der Waals surface area (Å²) in [6, 6.07) is 1.07. The van der Waals surface area contributed by atoms with Gasteiger partial charge in [-0.2, -0.15) is 13.2 Å². The molecule has 0 spiro atoms. The van der Waals surface area contributed by atoms with Gasteiger partial charge in [-0.3, -0.25) is 0 Å². The Morgan fingerprint density at radius 1 is 1.25 bits per heavy atom. The zero-order valence-corrected chi connectivity index (χ0v) is 12.5. The topological polar surface area (TPSA) is 35.4 Å². The van der Waals surface area contributed by atoms with Gasteiger partial charge in [0.1, 0.15) is 21.9 Å². The quantitative estimate of drug-likeness (QED) is 0.450. The van der Waals surface area contributed by atoms with E-state index in [0.717, 1.165) is 12.3 Å². The Morgan fingerprint density at radius 3 is 2.25 bits per heavy atom. The number of rotatable bonds is 2. The van der Waals surface area contributed by atoms with E-state index in [1.807, 2.05) is 0 Å². The minimum Gasteiger partial charge on any atom is -0.591 e. The van der Waals surface area contributed by atoms with Crippen molar-refractivity contribution in [3.8, 4) is 0 Å². The second-order valence-corrected chi connectivity index (χ2v) is 7.28. The summed E-state index contributed by atoms with van der Waals surface area (Å²) in [6.07, 6.45) is -4.01. The molecule has 0 aliphatic carbocycles. The molecule has 1 rings (SSSR count). The molecule has 0 bridgehead atoms. The second-order valence-electron chi connectivity index (χ2n) is 4.94. The molecule has 1 aromatic carbocycles. The van der Waals surface area contributed by atoms with Crippen LogP contribution in [0.1, 0.15) is 31.9 Å². The third-order valence-corrected chi connectivity index (χ3v) is 3.86. The van der Waals surface area contributed by atoms with Crippen LogP contribution >= 0.6 is 11.6 Å². The minimum absolute atomic E-state index is 0.327. The molecular formula is C12H12ClF4NOS. The van der Waals surface area contributed by atoms with Gasteiger partial charge in [-0.05, 0) is 32.9 Å². The number of hydrogen-bond acceptors (Lipinski definition) is 2. The molecule has 20 heavy (non-hydrogen) atoms. The lowest BCUT2D eigenvalue weighted by Gasteiger charge is -2.18. The van der Waals surface area contributed by atoms with E-state index in [0.29, 0.717) is 6.07 Å². The predicted molar refractivity (Wildman–Crippen MR) is 71.9 cm³/mol. The van der Waals surface area contributed by atoms with Crippen molar-refractivity contribution in [2.45, 2.75) is 31.7 Å². The van der Waals surface area contributed by atoms with Crippen molar-refractivity contribution >= 4 is 29.2 Å². The van der Waals surface area contributed by atoms with Crippen LogP contribution in [0.3, 0.4) is 0 Å². The molecule has 0 heterocycles. The average molecular weight is 330 g/mol. The smallest absolute Gasteiger partial charge is 0.417 e. The first kappa shape index (κ1) is 17.3. The van der Waals surface area contributed by atoms with Gasteiger partial charge >= 0.3 is 6.18 Å². The molecule has 1 unspecified atom stereocenters. The zero-order valence-electron chi connectivity index (χ0n) is 10.9. The van der Waals surface area contributed by atoms with Crippen molar-refractivity contribution in [2.75, 3.05) is 0 Å². The Morgan fingerprint density at radius 2 is 1.80 bits per heavy atom. The maximum Gasteiger partial charge on any atom is 0.417 e. The summed E-state index contributed by atoms with van der Waals surface area (Å²) in [5.41, 5.74) is -1.75. The van der Waals surface area contributed by atoms with Gasteiger partial charge in [-0.25, -0.2) is 4.39 Å². The highest BCUT2D eigenvalue weighted by molar-refractivity contribution is 7.91. The fraction of sp³-hybridized carbons (Fsp3) is 0.417. The number of nitrogens with zero attached hydrogens (tertiary/aromatic N) is 1. The highest BCUT2D eigenvalue weighted by atomic mass is 35.5. The van der Waals surface area contributed by atoms with Gasteiger partial charge in [0.25, 0.3) is 0 Å². The minimum atomic E-state index is -4.78. The maximum absolute atomic E-state index is 13.0. The van der Waals surface area contributed by atoms with Gasteiger partial charge in [0, 0.05) is 5.56 Å². The van der Waals surface area contributed by atoms with E-state index in [1.165, 1.54) is 0 Å². The van der Waals surface area contributed by atoms with Crippen LogP contribution in [0, 0.1) is 5.82 Å². The average Bonchev–Trinajstić information content (AvgIpc) is 2.23. The number of hydrogen-bond donors (Lipinski definition) is 0. The van der Waals surface area contributed by atoms with E-state index in [4.69, 9.17) is 11.6 Å². The van der Waals surface area contributed by atoms with Gasteiger partial charge in [0.2, 0.25) is 0 Å². The predicted octanol–water partition coefficient (Wildman–Crippen LogP) is 4.38. The molecule has 0 aromatic heterocycles. The SMILES string of the molecule is CC(C)(C)[S+]([O-])/N=C/c1c(Cl)cc(F)cc1C(F)(F)F. The number of benzene rings is 1. The Labute approximate surface area is 122 Å². The highest BCUT2D eigenvalue weighted by Gasteiger charge is 2.35. The largest absolute Gasteiger partial charge is 0.591 e. The van der Waals surface area contributed by atoms with E-state index in [2.05, 4.69) is 4.40 Å². The highest BCUT2D eigenvalue weighted by Crippen LogP contribution is 2.35. The summed E-state index contributed by atoms with van der Waals surface area (Å²) in [6.45, 7) is 4.87. The Balaban J connectivity index is 3.28. The fourth-order valence-corrected chi connectivity index (χ4v) is 1.98. The van der Waals surface area contributed by atoms with Crippen molar-refractivity contribution in [3.63, 3.8) is 0 Å². The molecule has 0 N–H and O–H groups in total. The first-order valence-corrected chi connectivity index (χ1v) is 6.93. The van der Waals surface area contributed by atoms with Gasteiger partial charge in [-0.1, -0.05) is 16.0 Å². The summed E-state index contributed by atoms with van der Waals surface area (Å²) in [5, 5.41) is -0.438. The normalized spacial score (nSPS) is 14.8. The summed E-state index contributed by atoms with van der Waals surface area (Å²) in [5.74, 6) is -1.10. The molecule has 1 aromatic rings. The van der Waals surface area contributed by atoms with Gasteiger partial charge < -0.3 is 4.55 Å². The van der Waals surface area contributed by atoms with Crippen molar-refractivity contribution in [1.29, 1.82) is 0 Å². The van der Waals surface area contributed by atoms with Gasteiger partial charge in [-0.15, -0.1) is 0 Å². The lowest BCUT2D eigenvalue weighted by molar-refractivity contribution is -0.137. The maximum atomic E-state index is 13.0. The zero-order chi connectivity index (χ0) is 15.7. The molecule has 0 amide bonds. The summed E-state index contributed by atoms with van der Waals surface area (Å²) in [7, 11) is 0. The van der Waals surface area contributed by atoms with Crippen LogP contribution in [0.5, 0.6) is 0 Å². The molecule has 8 heteroatoms. The molecule has 0 aliphatic rings. The number of halogens is 5. The molecule has 0 radical (unpaired) electrons. The monoisotopic (exact) mass is 329 g/mol. The summed E-state index contributed by atoms with van der Waals surface area (Å²) in [4.78, 5) is 0. The van der Waals surface area contributed by atoms with E-state index in [9.17, 15) is 22.1 Å². The van der Waals surface area contributed by atoms with Crippen LogP contribution in [-0.4, -0.2) is 15.5 Å². The van der Waals surface area contributed by atoms with Crippen molar-refractivity contribution < 1.29 is 22.1 Å². The molecule has 112 valence electrons. The van der Waals surface area contributed by atoms with Crippen molar-refractivity contribution in [1.82, 2.24) is 0 Å². The van der Waals surface area contributed by atoms with E-state index >= 15 is 0 Å². The molecule has 0 fully saturated rings. The summed E-state index contributed by atoms with van der Waals surface area (Å²) >= 11 is 3.87. The Hall–Kier alpha value is -0.790. The molecule has 1 atom stereocenters. The van der Waals surface area contributed by atoms with Crippen LogP contribution < -0.4 is 0 Å². The summed E-state index contributed by atoms with van der Waals surface area (Å²) < 4.78 is 66.0. The lowest BCUT2D eigenvalue weighted by Crippen LogP contribution is -2.26. The molecule has 2 nitrogen and oxygen atoms in total. The molecular weight excluding hydrogens is 318 g/mol. The molecule has 0 saturated heterocycles. The van der Waals surface area contributed by atoms with Gasteiger partial charge in [0.15, 0.2) is 0 Å². The Kier molecular flexibility index (Phi) is 5.10. The van der Waals surface area contributed by atoms with E-state index in [-0.39, 0.29) is 0 Å². The molecule has 0 saturated carbocycles. The van der Waals surface area contributed by atoms with Crippen LogP contribution in [-0.2, 0) is 17.5 Å². The van der Waals surface area contributed by atoms with Crippen LogP contribution in [0.15, 0.2) is 16.5 Å². The van der Waals surface area contributed by atoms with E-state index in [1.54, 1.807) is 20.8 Å². The van der Waals surface area contributed by atoms with E-state index < -0.39 is 44.3 Å². The molecule has 0 aliphatic heterocycles. The second kappa shape index (κ2) is 5.91. The first-order valence-electron chi connectivity index (χ1n) is 5.45. The van der Waals surface area contributed by atoms with Crippen LogP contribution in [0.25, 0.3) is 0 Å². The standard InChI is InChI=1S/C12H12ClF4NOS/c1-11(2,3)20(19)18-6-8-9(12(15,16)17)4-7(14)5-10(8)13/h4-6H,1-3H3/b18-6+. The fourth-order valence-electron chi connectivity index (χ4n) is 1.21. The van der Waals surface area contributed by atoms with Crippen LogP contribution in [0.4, 0.5) is 17.6 Å². The first-order chi connectivity index (χ1) is 8.93. The van der Waals surface area contributed by atoms with Crippen LogP contribution in [0.2, 0.25) is 5.02 Å². The third kappa shape index (κ3) is 4.36.